The van der Waals surface area contributed by atoms with Gasteiger partial charge < -0.3 is 14.6 Å². The molecule has 0 spiro atoms. The Labute approximate surface area is 58.8 Å². The normalized spacial score (nSPS) is 13.4. The first-order valence-electron chi connectivity index (χ1n) is 2.57. The van der Waals surface area contributed by atoms with E-state index in [4.69, 9.17) is 9.79 Å². The minimum absolute atomic E-state index is 0.288. The van der Waals surface area contributed by atoms with Crippen molar-refractivity contribution in [2.45, 2.75) is 6.92 Å². The lowest BCUT2D eigenvalue weighted by atomic mass is 10.5. The summed E-state index contributed by atoms with van der Waals surface area (Å²) in [7, 11) is -2.64. The maximum atomic E-state index is 10.3. The van der Waals surface area contributed by atoms with Crippen molar-refractivity contribution in [3.8, 4) is 0 Å². The smallest absolute Gasteiger partial charge is 0.331 e. The molecule has 0 aliphatic carbocycles. The monoisotopic (exact) mass is 167 g/mol. The molecular formula is C4H10NO4P. The molecule has 0 saturated heterocycles. The van der Waals surface area contributed by atoms with Gasteiger partial charge in [-0.2, -0.15) is 0 Å². The maximum Gasteiger partial charge on any atom is 0.331 e. The van der Waals surface area contributed by atoms with Gasteiger partial charge in [0.05, 0.1) is 11.9 Å². The lowest BCUT2D eigenvalue weighted by molar-refractivity contribution is 0.213. The Morgan fingerprint density at radius 2 is 2.20 bits per heavy atom. The predicted molar refractivity (Wildman–Crippen MR) is 37.0 cm³/mol. The quantitative estimate of drug-likeness (QED) is 0.357. The van der Waals surface area contributed by atoms with Crippen LogP contribution in [0, 0.1) is 0 Å². The third-order valence-electron chi connectivity index (χ3n) is 0.682. The molecule has 0 aromatic rings. The van der Waals surface area contributed by atoms with Gasteiger partial charge in [0.2, 0.25) is 0 Å². The Bertz CT molecular complexity index is 172. The zero-order chi connectivity index (χ0) is 8.20. The van der Waals surface area contributed by atoms with E-state index in [1.54, 1.807) is 0 Å². The molecule has 0 atom stereocenters. The van der Waals surface area contributed by atoms with E-state index < -0.39 is 7.60 Å². The fraction of sp³-hybridized carbons (Fsp3) is 0.750. The molecule has 0 unspecified atom stereocenters. The Kier molecular flexibility index (Phi) is 3.57. The average Bonchev–Trinajstić information content (AvgIpc) is 1.59. The van der Waals surface area contributed by atoms with Crippen LogP contribution in [0.15, 0.2) is 5.16 Å². The van der Waals surface area contributed by atoms with Crippen LogP contribution in [0.2, 0.25) is 0 Å². The summed E-state index contributed by atoms with van der Waals surface area (Å²) >= 11 is 0. The molecular weight excluding hydrogens is 157 g/mol. The van der Waals surface area contributed by atoms with Gasteiger partial charge >= 0.3 is 7.60 Å². The van der Waals surface area contributed by atoms with Crippen LogP contribution < -0.4 is 0 Å². The summed E-state index contributed by atoms with van der Waals surface area (Å²) in [5, 5.41) is 3.33. The van der Waals surface area contributed by atoms with E-state index in [1.807, 2.05) is 0 Å². The second-order valence-electron chi connectivity index (χ2n) is 1.83. The van der Waals surface area contributed by atoms with Gasteiger partial charge in [-0.3, -0.25) is 4.57 Å². The van der Waals surface area contributed by atoms with Crippen LogP contribution in [0.1, 0.15) is 6.92 Å². The summed E-state index contributed by atoms with van der Waals surface area (Å²) in [6, 6.07) is 0. The summed E-state index contributed by atoms with van der Waals surface area (Å²) in [6.07, 6.45) is -0.346. The zero-order valence-electron chi connectivity index (χ0n) is 5.81. The molecule has 0 heterocycles. The predicted octanol–water partition coefficient (Wildman–Crippen LogP) is 0.186. The Morgan fingerprint density at radius 3 is 2.50 bits per heavy atom. The summed E-state index contributed by atoms with van der Waals surface area (Å²) in [6.45, 7) is 1.49. The molecule has 0 aromatic carbocycles. The molecule has 6 heteroatoms. The molecule has 2 N–H and O–H groups in total. The molecule has 10 heavy (non-hydrogen) atoms. The van der Waals surface area contributed by atoms with Gasteiger partial charge in [-0.05, 0) is 6.92 Å². The van der Waals surface area contributed by atoms with Crippen molar-refractivity contribution in [3.63, 3.8) is 0 Å². The molecule has 0 aliphatic rings. The third-order valence-corrected chi connectivity index (χ3v) is 1.55. The highest BCUT2D eigenvalue weighted by Gasteiger charge is 2.14. The Hall–Kier alpha value is -0.380. The van der Waals surface area contributed by atoms with E-state index in [1.165, 1.54) is 14.0 Å². The molecule has 0 radical (unpaired) electrons. The molecule has 0 bridgehead atoms. The fourth-order valence-electron chi connectivity index (χ4n) is 0.483. The largest absolute Gasteiger partial charge is 0.399 e. The second kappa shape index (κ2) is 3.71. The van der Waals surface area contributed by atoms with Crippen LogP contribution in [0.5, 0.6) is 0 Å². The molecule has 0 amide bonds. The SMILES string of the molecule is CON=C(C)CP(=O)(O)O. The first-order chi connectivity index (χ1) is 4.45. The summed E-state index contributed by atoms with van der Waals surface area (Å²) < 4.78 is 10.3. The molecule has 0 aromatic heterocycles. The van der Waals surface area contributed by atoms with E-state index in [0.29, 0.717) is 0 Å². The minimum Gasteiger partial charge on any atom is -0.399 e. The first kappa shape index (κ1) is 9.62. The summed E-state index contributed by atoms with van der Waals surface area (Å²) in [5.74, 6) is 0. The van der Waals surface area contributed by atoms with Crippen LogP contribution in [0.4, 0.5) is 0 Å². The number of nitrogens with zero attached hydrogens (tertiary/aromatic N) is 1. The Morgan fingerprint density at radius 1 is 1.70 bits per heavy atom. The van der Waals surface area contributed by atoms with Crippen molar-refractivity contribution in [2.75, 3.05) is 13.3 Å². The second-order valence-corrected chi connectivity index (χ2v) is 3.48. The van der Waals surface area contributed by atoms with E-state index in [2.05, 4.69) is 9.99 Å². The van der Waals surface area contributed by atoms with Gasteiger partial charge in [0, 0.05) is 0 Å². The minimum atomic E-state index is -3.96. The third kappa shape index (κ3) is 5.75. The maximum absolute atomic E-state index is 10.3. The van der Waals surface area contributed by atoms with Crippen molar-refractivity contribution in [1.29, 1.82) is 0 Å². The first-order valence-corrected chi connectivity index (χ1v) is 4.36. The topological polar surface area (TPSA) is 79.1 Å². The van der Waals surface area contributed by atoms with Gasteiger partial charge in [-0.15, -0.1) is 0 Å². The van der Waals surface area contributed by atoms with E-state index in [0.717, 1.165) is 0 Å². The molecule has 0 fully saturated rings. The van der Waals surface area contributed by atoms with Crippen molar-refractivity contribution in [3.05, 3.63) is 0 Å². The summed E-state index contributed by atoms with van der Waals surface area (Å²) in [4.78, 5) is 21.1. The lowest BCUT2D eigenvalue weighted by Gasteiger charge is -2.00. The average molecular weight is 167 g/mol. The lowest BCUT2D eigenvalue weighted by Crippen LogP contribution is -2.00. The van der Waals surface area contributed by atoms with Gasteiger partial charge in [-0.25, -0.2) is 0 Å². The molecule has 60 valence electrons. The van der Waals surface area contributed by atoms with Gasteiger partial charge in [-0.1, -0.05) is 5.16 Å². The van der Waals surface area contributed by atoms with E-state index >= 15 is 0 Å². The van der Waals surface area contributed by atoms with Crippen LogP contribution >= 0.6 is 7.60 Å². The highest BCUT2D eigenvalue weighted by atomic mass is 31.2. The molecule has 0 rings (SSSR count). The fourth-order valence-corrected chi connectivity index (χ4v) is 1.14. The standard InChI is InChI=1S/C4H10NO4P/c1-4(5-9-2)3-10(6,7)8/h3H2,1-2H3,(H2,6,7,8). The Balaban J connectivity index is 3.92. The zero-order valence-corrected chi connectivity index (χ0v) is 6.71. The number of rotatable bonds is 3. The number of hydrogen-bond acceptors (Lipinski definition) is 3. The van der Waals surface area contributed by atoms with Gasteiger partial charge in [0.15, 0.2) is 0 Å². The van der Waals surface area contributed by atoms with Crippen molar-refractivity contribution < 1.29 is 19.2 Å². The molecule has 0 saturated carbocycles. The van der Waals surface area contributed by atoms with Crippen LogP contribution in [0.25, 0.3) is 0 Å². The van der Waals surface area contributed by atoms with Gasteiger partial charge in [0.25, 0.3) is 0 Å². The summed E-state index contributed by atoms with van der Waals surface area (Å²) in [5.41, 5.74) is 0.288. The van der Waals surface area contributed by atoms with Gasteiger partial charge in [0.1, 0.15) is 7.11 Å². The number of oxime groups is 1. The van der Waals surface area contributed by atoms with Crippen molar-refractivity contribution >= 4 is 13.3 Å². The highest BCUT2D eigenvalue weighted by molar-refractivity contribution is 7.52. The van der Waals surface area contributed by atoms with Crippen molar-refractivity contribution in [2.24, 2.45) is 5.16 Å². The molecule has 5 nitrogen and oxygen atoms in total. The molecule has 0 aliphatic heterocycles. The van der Waals surface area contributed by atoms with Crippen LogP contribution in [0.3, 0.4) is 0 Å². The van der Waals surface area contributed by atoms with Crippen LogP contribution in [-0.2, 0) is 9.40 Å². The highest BCUT2D eigenvalue weighted by Crippen LogP contribution is 2.33. The van der Waals surface area contributed by atoms with Crippen LogP contribution in [-0.4, -0.2) is 28.8 Å². The van der Waals surface area contributed by atoms with E-state index in [9.17, 15) is 4.57 Å². The van der Waals surface area contributed by atoms with E-state index in [-0.39, 0.29) is 11.9 Å². The van der Waals surface area contributed by atoms with Crippen molar-refractivity contribution in [1.82, 2.24) is 0 Å². The number of hydrogen-bond donors (Lipinski definition) is 2.